The van der Waals surface area contributed by atoms with Crippen molar-refractivity contribution in [3.05, 3.63) is 28.2 Å². The summed E-state index contributed by atoms with van der Waals surface area (Å²) in [7, 11) is 0. The van der Waals surface area contributed by atoms with Gasteiger partial charge in [-0.2, -0.15) is 0 Å². The largest absolute Gasteiger partial charge is 0.341 e. The molecular weight excluding hydrogens is 236 g/mol. The molecular formula is C12H16N2O2S. The molecule has 1 amide bonds. The van der Waals surface area contributed by atoms with Crippen LogP contribution in [0.3, 0.4) is 0 Å². The molecule has 0 spiro atoms. The molecule has 0 fully saturated rings. The molecule has 5 heteroatoms. The van der Waals surface area contributed by atoms with Crippen LogP contribution in [-0.2, 0) is 4.79 Å². The number of carbonyl (C=O) groups excluding carboxylic acids is 2. The van der Waals surface area contributed by atoms with Gasteiger partial charge in [0.25, 0.3) is 5.91 Å². The van der Waals surface area contributed by atoms with Crippen LogP contribution < -0.4 is 5.32 Å². The third-order valence-corrected chi connectivity index (χ3v) is 3.08. The van der Waals surface area contributed by atoms with Crippen LogP contribution in [0.2, 0.25) is 0 Å². The first-order valence-electron chi connectivity index (χ1n) is 5.46. The number of amides is 1. The van der Waals surface area contributed by atoms with E-state index < -0.39 is 6.04 Å². The van der Waals surface area contributed by atoms with E-state index in [4.69, 9.17) is 0 Å². The first-order chi connectivity index (χ1) is 8.19. The molecule has 1 unspecified atom stereocenters. The van der Waals surface area contributed by atoms with Crippen LogP contribution in [-0.4, -0.2) is 23.2 Å². The maximum absolute atomic E-state index is 11.8. The van der Waals surface area contributed by atoms with Gasteiger partial charge in [-0.05, 0) is 26.7 Å². The van der Waals surface area contributed by atoms with E-state index in [9.17, 15) is 9.59 Å². The Balaban J connectivity index is 2.54. The number of hydrogen-bond donors (Lipinski definition) is 1. The molecule has 0 aliphatic carbocycles. The standard InChI is InChI=1S/C12H16N2O2S/c1-3-4-5-6-10(7-15)14-12(16)11-9(2)17-8-13-11/h3-4,7-8,10H,5-6H2,1-2H3,(H,14,16). The van der Waals surface area contributed by atoms with Gasteiger partial charge in [0.05, 0.1) is 11.6 Å². The second-order valence-corrected chi connectivity index (χ2v) is 4.68. The molecule has 0 aliphatic heterocycles. The fourth-order valence-corrected chi connectivity index (χ4v) is 1.95. The van der Waals surface area contributed by atoms with E-state index in [0.717, 1.165) is 17.6 Å². The van der Waals surface area contributed by atoms with E-state index in [-0.39, 0.29) is 5.91 Å². The van der Waals surface area contributed by atoms with Crippen molar-refractivity contribution < 1.29 is 9.59 Å². The van der Waals surface area contributed by atoms with Crippen molar-refractivity contribution in [2.75, 3.05) is 0 Å². The molecule has 1 N–H and O–H groups in total. The zero-order valence-electron chi connectivity index (χ0n) is 9.97. The number of aromatic nitrogens is 1. The van der Waals surface area contributed by atoms with E-state index in [1.807, 2.05) is 26.0 Å². The van der Waals surface area contributed by atoms with Crippen molar-refractivity contribution in [3.63, 3.8) is 0 Å². The number of nitrogens with one attached hydrogen (secondary N) is 1. The predicted molar refractivity (Wildman–Crippen MR) is 68.2 cm³/mol. The number of carbonyl (C=O) groups is 2. The van der Waals surface area contributed by atoms with Gasteiger partial charge in [0.15, 0.2) is 0 Å². The Bertz CT molecular complexity index is 412. The fraction of sp³-hybridized carbons (Fsp3) is 0.417. The summed E-state index contributed by atoms with van der Waals surface area (Å²) in [6, 6.07) is -0.445. The maximum Gasteiger partial charge on any atom is 0.271 e. The molecule has 0 radical (unpaired) electrons. The van der Waals surface area contributed by atoms with Crippen LogP contribution in [0.5, 0.6) is 0 Å². The summed E-state index contributed by atoms with van der Waals surface area (Å²) in [5.41, 5.74) is 2.04. The summed E-state index contributed by atoms with van der Waals surface area (Å²) in [6.45, 7) is 3.76. The molecule has 0 saturated heterocycles. The average molecular weight is 252 g/mol. The number of allylic oxidation sites excluding steroid dienone is 2. The number of thiazole rings is 1. The van der Waals surface area contributed by atoms with Gasteiger partial charge in [-0.25, -0.2) is 4.98 Å². The lowest BCUT2D eigenvalue weighted by Crippen LogP contribution is -2.36. The monoisotopic (exact) mass is 252 g/mol. The van der Waals surface area contributed by atoms with Gasteiger partial charge in [-0.1, -0.05) is 12.2 Å². The molecule has 1 aromatic heterocycles. The van der Waals surface area contributed by atoms with Crippen molar-refractivity contribution in [2.24, 2.45) is 0 Å². The van der Waals surface area contributed by atoms with Crippen LogP contribution in [0.25, 0.3) is 0 Å². The number of aryl methyl sites for hydroxylation is 1. The first kappa shape index (κ1) is 13.6. The summed E-state index contributed by atoms with van der Waals surface area (Å²) in [5.74, 6) is -0.277. The SMILES string of the molecule is CC=CCCC(C=O)NC(=O)c1ncsc1C. The van der Waals surface area contributed by atoms with E-state index in [1.54, 1.807) is 5.51 Å². The van der Waals surface area contributed by atoms with Crippen LogP contribution in [0.1, 0.15) is 35.1 Å². The summed E-state index contributed by atoms with van der Waals surface area (Å²) < 4.78 is 0. The molecule has 1 heterocycles. The van der Waals surface area contributed by atoms with Crippen LogP contribution in [0.4, 0.5) is 0 Å². The Morgan fingerprint density at radius 2 is 2.41 bits per heavy atom. The molecule has 17 heavy (non-hydrogen) atoms. The number of aldehydes is 1. The highest BCUT2D eigenvalue weighted by Gasteiger charge is 2.15. The van der Waals surface area contributed by atoms with Gasteiger partial charge in [-0.3, -0.25) is 4.79 Å². The minimum absolute atomic E-state index is 0.277. The summed E-state index contributed by atoms with van der Waals surface area (Å²) in [6.07, 6.45) is 6.05. The van der Waals surface area contributed by atoms with Crippen molar-refractivity contribution in [3.8, 4) is 0 Å². The Morgan fingerprint density at radius 1 is 1.65 bits per heavy atom. The number of rotatable bonds is 6. The van der Waals surface area contributed by atoms with Crippen molar-refractivity contribution in [1.82, 2.24) is 10.3 Å². The second kappa shape index (κ2) is 6.96. The molecule has 0 saturated carbocycles. The minimum atomic E-state index is -0.445. The van der Waals surface area contributed by atoms with Crippen LogP contribution in [0.15, 0.2) is 17.7 Å². The average Bonchev–Trinajstić information content (AvgIpc) is 2.74. The van der Waals surface area contributed by atoms with Gasteiger partial charge < -0.3 is 10.1 Å². The molecule has 0 aromatic carbocycles. The highest BCUT2D eigenvalue weighted by atomic mass is 32.1. The van der Waals surface area contributed by atoms with E-state index in [0.29, 0.717) is 12.1 Å². The number of nitrogens with zero attached hydrogens (tertiary/aromatic N) is 1. The normalized spacial score (nSPS) is 12.6. The zero-order chi connectivity index (χ0) is 12.7. The second-order valence-electron chi connectivity index (χ2n) is 3.62. The first-order valence-corrected chi connectivity index (χ1v) is 6.34. The minimum Gasteiger partial charge on any atom is -0.341 e. The molecule has 0 aliphatic rings. The van der Waals surface area contributed by atoms with E-state index in [1.165, 1.54) is 11.3 Å². The van der Waals surface area contributed by atoms with Gasteiger partial charge >= 0.3 is 0 Å². The van der Waals surface area contributed by atoms with Gasteiger partial charge in [0.2, 0.25) is 0 Å². The molecule has 92 valence electrons. The smallest absolute Gasteiger partial charge is 0.271 e. The molecule has 4 nitrogen and oxygen atoms in total. The lowest BCUT2D eigenvalue weighted by Gasteiger charge is -2.10. The summed E-state index contributed by atoms with van der Waals surface area (Å²) >= 11 is 1.42. The van der Waals surface area contributed by atoms with Crippen LogP contribution in [0, 0.1) is 6.92 Å². The van der Waals surface area contributed by atoms with Gasteiger partial charge in [-0.15, -0.1) is 11.3 Å². The van der Waals surface area contributed by atoms with E-state index >= 15 is 0 Å². The fourth-order valence-electron chi connectivity index (χ4n) is 1.38. The third-order valence-electron chi connectivity index (χ3n) is 2.32. The maximum atomic E-state index is 11.8. The molecule has 1 aromatic rings. The Kier molecular flexibility index (Phi) is 5.56. The molecule has 1 atom stereocenters. The Morgan fingerprint density at radius 3 is 2.94 bits per heavy atom. The summed E-state index contributed by atoms with van der Waals surface area (Å²) in [4.78, 5) is 27.5. The van der Waals surface area contributed by atoms with Gasteiger partial charge in [0.1, 0.15) is 12.0 Å². The van der Waals surface area contributed by atoms with Crippen molar-refractivity contribution in [1.29, 1.82) is 0 Å². The van der Waals surface area contributed by atoms with Crippen LogP contribution >= 0.6 is 11.3 Å². The molecule has 0 bridgehead atoms. The van der Waals surface area contributed by atoms with E-state index in [2.05, 4.69) is 10.3 Å². The van der Waals surface area contributed by atoms with Gasteiger partial charge in [0, 0.05) is 4.88 Å². The lowest BCUT2D eigenvalue weighted by molar-refractivity contribution is -0.109. The topological polar surface area (TPSA) is 59.1 Å². The van der Waals surface area contributed by atoms with Crippen molar-refractivity contribution in [2.45, 2.75) is 32.7 Å². The Labute approximate surface area is 105 Å². The highest BCUT2D eigenvalue weighted by molar-refractivity contribution is 7.09. The number of hydrogen-bond acceptors (Lipinski definition) is 4. The zero-order valence-corrected chi connectivity index (χ0v) is 10.8. The summed E-state index contributed by atoms with van der Waals surface area (Å²) in [5, 5.41) is 2.67. The predicted octanol–water partition coefficient (Wildman–Crippen LogP) is 2.11. The Hall–Kier alpha value is -1.49. The third kappa shape index (κ3) is 4.11. The van der Waals surface area contributed by atoms with Crippen molar-refractivity contribution >= 4 is 23.5 Å². The molecule has 1 rings (SSSR count). The highest BCUT2D eigenvalue weighted by Crippen LogP contribution is 2.11. The lowest BCUT2D eigenvalue weighted by atomic mass is 10.1. The quantitative estimate of drug-likeness (QED) is 0.623.